The summed E-state index contributed by atoms with van der Waals surface area (Å²) in [4.78, 5) is 19.9. The van der Waals surface area contributed by atoms with Gasteiger partial charge < -0.3 is 5.11 Å². The molecule has 0 aliphatic heterocycles. The molecule has 0 unspecified atom stereocenters. The Morgan fingerprint density at radius 1 is 1.54 bits per heavy atom. The van der Waals surface area contributed by atoms with E-state index in [1.807, 2.05) is 0 Å². The zero-order valence-corrected chi connectivity index (χ0v) is 6.99. The summed E-state index contributed by atoms with van der Waals surface area (Å²) in [5, 5.41) is 19.2. The van der Waals surface area contributed by atoms with Crippen LogP contribution >= 0.6 is 11.6 Å². The number of aromatic hydroxyl groups is 1. The molecular weight excluding hydrogens is 198 g/mol. The number of carbonyl (C=O) groups excluding carboxylic acids is 1. The standard InChI is InChI=1S/C7H4ClNO4/c8-5-2-7(11)4(3-10)1-6(5)9(12)13/h1-3,11H. The molecule has 1 rings (SSSR count). The molecule has 5 nitrogen and oxygen atoms in total. The summed E-state index contributed by atoms with van der Waals surface area (Å²) in [7, 11) is 0. The highest BCUT2D eigenvalue weighted by molar-refractivity contribution is 6.32. The Morgan fingerprint density at radius 3 is 2.62 bits per heavy atom. The molecule has 0 spiro atoms. The van der Waals surface area contributed by atoms with E-state index in [1.54, 1.807) is 0 Å². The molecule has 6 heteroatoms. The first-order valence-corrected chi connectivity index (χ1v) is 3.56. The summed E-state index contributed by atoms with van der Waals surface area (Å²) in [5.74, 6) is -0.370. The second kappa shape index (κ2) is 3.40. The Kier molecular flexibility index (Phi) is 2.48. The molecule has 0 amide bonds. The maximum atomic E-state index is 10.3. The SMILES string of the molecule is O=Cc1cc([N+](=O)[O-])c(Cl)cc1O. The molecule has 0 aliphatic rings. The second-order valence-corrected chi connectivity index (χ2v) is 2.64. The van der Waals surface area contributed by atoms with Crippen molar-refractivity contribution in [1.29, 1.82) is 0 Å². The van der Waals surface area contributed by atoms with Crippen LogP contribution in [-0.4, -0.2) is 16.3 Å². The molecule has 0 atom stereocenters. The monoisotopic (exact) mass is 201 g/mol. The molecule has 1 aromatic rings. The van der Waals surface area contributed by atoms with Crippen LogP contribution in [0, 0.1) is 10.1 Å². The number of halogens is 1. The molecular formula is C7H4ClNO4. The number of hydrogen-bond donors (Lipinski definition) is 1. The minimum atomic E-state index is -0.727. The van der Waals surface area contributed by atoms with E-state index < -0.39 is 10.6 Å². The van der Waals surface area contributed by atoms with Crippen LogP contribution in [0.1, 0.15) is 10.4 Å². The minimum Gasteiger partial charge on any atom is -0.507 e. The number of hydrogen-bond acceptors (Lipinski definition) is 4. The second-order valence-electron chi connectivity index (χ2n) is 2.24. The van der Waals surface area contributed by atoms with Crippen LogP contribution in [0.3, 0.4) is 0 Å². The zero-order chi connectivity index (χ0) is 10.0. The lowest BCUT2D eigenvalue weighted by Gasteiger charge is -1.98. The smallest absolute Gasteiger partial charge is 0.288 e. The summed E-state index contributed by atoms with van der Waals surface area (Å²) < 4.78 is 0. The van der Waals surface area contributed by atoms with Crippen LogP contribution in [0.4, 0.5) is 5.69 Å². The van der Waals surface area contributed by atoms with E-state index in [4.69, 9.17) is 16.7 Å². The number of benzene rings is 1. The Bertz CT molecular complexity index is 377. The maximum Gasteiger partial charge on any atom is 0.288 e. The van der Waals surface area contributed by atoms with Crippen molar-refractivity contribution in [3.63, 3.8) is 0 Å². The van der Waals surface area contributed by atoms with Gasteiger partial charge in [-0.3, -0.25) is 14.9 Å². The van der Waals surface area contributed by atoms with E-state index >= 15 is 0 Å². The predicted octanol–water partition coefficient (Wildman–Crippen LogP) is 1.77. The van der Waals surface area contributed by atoms with Crippen molar-refractivity contribution in [3.05, 3.63) is 32.8 Å². The van der Waals surface area contributed by atoms with Gasteiger partial charge in [-0.1, -0.05) is 11.6 Å². The van der Waals surface area contributed by atoms with E-state index in [-0.39, 0.29) is 16.3 Å². The van der Waals surface area contributed by atoms with Crippen molar-refractivity contribution >= 4 is 23.6 Å². The van der Waals surface area contributed by atoms with Crippen molar-refractivity contribution in [1.82, 2.24) is 0 Å². The first kappa shape index (κ1) is 9.47. The van der Waals surface area contributed by atoms with Gasteiger partial charge in [0.25, 0.3) is 5.69 Å². The molecule has 68 valence electrons. The Hall–Kier alpha value is -1.62. The largest absolute Gasteiger partial charge is 0.507 e. The fourth-order valence-corrected chi connectivity index (χ4v) is 1.03. The van der Waals surface area contributed by atoms with Gasteiger partial charge in [-0.05, 0) is 0 Å². The average molecular weight is 202 g/mol. The van der Waals surface area contributed by atoms with Crippen molar-refractivity contribution < 1.29 is 14.8 Å². The molecule has 0 saturated heterocycles. The van der Waals surface area contributed by atoms with Crippen LogP contribution < -0.4 is 0 Å². The number of nitro benzene ring substituents is 1. The first-order chi connectivity index (χ1) is 6.06. The molecule has 0 radical (unpaired) electrons. The third-order valence-corrected chi connectivity index (χ3v) is 1.72. The predicted molar refractivity (Wildman–Crippen MR) is 45.2 cm³/mol. The normalized spacial score (nSPS) is 9.62. The quantitative estimate of drug-likeness (QED) is 0.449. The van der Waals surface area contributed by atoms with Crippen molar-refractivity contribution in [3.8, 4) is 5.75 Å². The van der Waals surface area contributed by atoms with Gasteiger partial charge >= 0.3 is 0 Å². The molecule has 0 heterocycles. The number of carbonyl (C=O) groups is 1. The van der Waals surface area contributed by atoms with E-state index in [0.29, 0.717) is 6.29 Å². The topological polar surface area (TPSA) is 80.4 Å². The number of nitrogens with zero attached hydrogens (tertiary/aromatic N) is 1. The highest BCUT2D eigenvalue weighted by Gasteiger charge is 2.15. The molecule has 1 N–H and O–H groups in total. The lowest BCUT2D eigenvalue weighted by molar-refractivity contribution is -0.384. The van der Waals surface area contributed by atoms with E-state index in [1.165, 1.54) is 0 Å². The van der Waals surface area contributed by atoms with Gasteiger partial charge in [0.1, 0.15) is 10.8 Å². The number of aldehydes is 1. The van der Waals surface area contributed by atoms with Gasteiger partial charge in [0.2, 0.25) is 0 Å². The Morgan fingerprint density at radius 2 is 2.15 bits per heavy atom. The van der Waals surface area contributed by atoms with Crippen LogP contribution in [-0.2, 0) is 0 Å². The third kappa shape index (κ3) is 1.75. The van der Waals surface area contributed by atoms with Gasteiger partial charge in [0, 0.05) is 12.1 Å². The van der Waals surface area contributed by atoms with Crippen LogP contribution in [0.2, 0.25) is 5.02 Å². The molecule has 13 heavy (non-hydrogen) atoms. The summed E-state index contributed by atoms with van der Waals surface area (Å²) in [6, 6.07) is 1.88. The summed E-state index contributed by atoms with van der Waals surface area (Å²) in [6.07, 6.45) is 0.318. The number of phenols is 1. The van der Waals surface area contributed by atoms with Crippen LogP contribution in [0.15, 0.2) is 12.1 Å². The fourth-order valence-electron chi connectivity index (χ4n) is 0.802. The minimum absolute atomic E-state index is 0.156. The summed E-state index contributed by atoms with van der Waals surface area (Å²) in [5.41, 5.74) is -0.558. The van der Waals surface area contributed by atoms with Crippen molar-refractivity contribution in [2.45, 2.75) is 0 Å². The van der Waals surface area contributed by atoms with Gasteiger partial charge in [-0.15, -0.1) is 0 Å². The van der Waals surface area contributed by atoms with Gasteiger partial charge in [0.05, 0.1) is 10.5 Å². The van der Waals surface area contributed by atoms with E-state index in [2.05, 4.69) is 0 Å². The lowest BCUT2D eigenvalue weighted by Crippen LogP contribution is -1.91. The fraction of sp³-hybridized carbons (Fsp3) is 0. The van der Waals surface area contributed by atoms with Gasteiger partial charge in [-0.2, -0.15) is 0 Å². The Balaban J connectivity index is 3.38. The summed E-state index contributed by atoms with van der Waals surface area (Å²) >= 11 is 5.44. The molecule has 0 aliphatic carbocycles. The van der Waals surface area contributed by atoms with Crippen LogP contribution in [0.5, 0.6) is 5.75 Å². The highest BCUT2D eigenvalue weighted by Crippen LogP contribution is 2.30. The number of phenolic OH excluding ortho intramolecular Hbond substituents is 1. The number of nitro groups is 1. The van der Waals surface area contributed by atoms with Gasteiger partial charge in [-0.25, -0.2) is 0 Å². The molecule has 0 bridgehead atoms. The lowest BCUT2D eigenvalue weighted by atomic mass is 10.2. The summed E-state index contributed by atoms with van der Waals surface area (Å²) in [6.45, 7) is 0. The molecule has 1 aromatic carbocycles. The van der Waals surface area contributed by atoms with Crippen molar-refractivity contribution in [2.24, 2.45) is 0 Å². The van der Waals surface area contributed by atoms with Gasteiger partial charge in [0.15, 0.2) is 6.29 Å². The average Bonchev–Trinajstić information content (AvgIpc) is 2.03. The molecule has 0 fully saturated rings. The van der Waals surface area contributed by atoms with Crippen LogP contribution in [0.25, 0.3) is 0 Å². The van der Waals surface area contributed by atoms with Crippen molar-refractivity contribution in [2.75, 3.05) is 0 Å². The van der Waals surface area contributed by atoms with E-state index in [0.717, 1.165) is 12.1 Å². The maximum absolute atomic E-state index is 10.3. The molecule has 0 saturated carbocycles. The molecule has 0 aromatic heterocycles. The Labute approximate surface area is 77.7 Å². The highest BCUT2D eigenvalue weighted by atomic mass is 35.5. The number of rotatable bonds is 2. The zero-order valence-electron chi connectivity index (χ0n) is 6.23. The first-order valence-electron chi connectivity index (χ1n) is 3.18. The van der Waals surface area contributed by atoms with E-state index in [9.17, 15) is 14.9 Å². The third-order valence-electron chi connectivity index (χ3n) is 1.42.